The van der Waals surface area contributed by atoms with Crippen LogP contribution in [0.25, 0.3) is 16.8 Å². The number of carbonyl (C=O) groups is 2. The summed E-state index contributed by atoms with van der Waals surface area (Å²) in [6, 6.07) is 13.4. The van der Waals surface area contributed by atoms with Crippen LogP contribution in [0.5, 0.6) is 0 Å². The van der Waals surface area contributed by atoms with Crippen molar-refractivity contribution in [2.75, 3.05) is 0 Å². The molecule has 0 radical (unpaired) electrons. The Hall–Kier alpha value is -4.99. The lowest BCUT2D eigenvalue weighted by Gasteiger charge is -2.26. The van der Waals surface area contributed by atoms with Crippen molar-refractivity contribution in [2.45, 2.75) is 45.6 Å². The van der Waals surface area contributed by atoms with Gasteiger partial charge in [-0.15, -0.1) is 0 Å². The average Bonchev–Trinajstić information content (AvgIpc) is 3.47. The first kappa shape index (κ1) is 29.1. The summed E-state index contributed by atoms with van der Waals surface area (Å²) in [6.07, 6.45) is 4.50. The first-order chi connectivity index (χ1) is 20.9. The number of hydrogen-bond acceptors (Lipinski definition) is 4. The summed E-state index contributed by atoms with van der Waals surface area (Å²) in [5.74, 6) is -3.16. The molecule has 7 nitrogen and oxygen atoms in total. The Morgan fingerprint density at radius 1 is 1.00 bits per heavy atom. The van der Waals surface area contributed by atoms with Crippen LogP contribution in [0.1, 0.15) is 69.7 Å². The van der Waals surface area contributed by atoms with Crippen LogP contribution in [-0.2, 0) is 24.8 Å². The number of carbonyl (C=O) groups excluding carboxylic acids is 2. The maximum Gasteiger partial charge on any atom is 0.254 e. The molecule has 1 atom stereocenters. The van der Waals surface area contributed by atoms with Gasteiger partial charge in [0.2, 0.25) is 0 Å². The van der Waals surface area contributed by atoms with E-state index in [9.17, 15) is 22.8 Å². The highest BCUT2D eigenvalue weighted by molar-refractivity contribution is 6.12. The van der Waals surface area contributed by atoms with E-state index in [2.05, 4.69) is 10.3 Å². The normalized spacial score (nSPS) is 16.0. The van der Waals surface area contributed by atoms with Crippen LogP contribution in [0.15, 0.2) is 67.0 Å². The predicted octanol–water partition coefficient (Wildman–Crippen LogP) is 5.90. The summed E-state index contributed by atoms with van der Waals surface area (Å²) in [5, 5.41) is 3.07. The number of primary amides is 1. The summed E-state index contributed by atoms with van der Waals surface area (Å²) in [4.78, 5) is 36.2. The van der Waals surface area contributed by atoms with Crippen LogP contribution in [0.4, 0.5) is 13.2 Å². The van der Waals surface area contributed by atoms with E-state index in [4.69, 9.17) is 10.7 Å². The van der Waals surface area contributed by atoms with E-state index in [0.29, 0.717) is 53.0 Å². The molecule has 1 aliphatic rings. The van der Waals surface area contributed by atoms with Gasteiger partial charge in [0.15, 0.2) is 11.6 Å². The van der Waals surface area contributed by atoms with Crippen molar-refractivity contribution in [3.63, 3.8) is 0 Å². The van der Waals surface area contributed by atoms with Crippen LogP contribution in [0.2, 0.25) is 0 Å². The molecule has 0 saturated heterocycles. The second-order valence-electron chi connectivity index (χ2n) is 11.9. The lowest BCUT2D eigenvalue weighted by molar-refractivity contribution is 0.0935. The van der Waals surface area contributed by atoms with Gasteiger partial charge in [-0.2, -0.15) is 0 Å². The first-order valence-corrected chi connectivity index (χ1v) is 14.3. The number of nitrogens with one attached hydrogen (secondary N) is 1. The number of fused-ring (bicyclic) bond motifs is 2. The first-order valence-electron chi connectivity index (χ1n) is 14.3. The maximum atomic E-state index is 13.8. The Morgan fingerprint density at radius 3 is 2.41 bits per heavy atom. The fourth-order valence-electron chi connectivity index (χ4n) is 6.03. The highest BCUT2D eigenvalue weighted by atomic mass is 19.2. The van der Waals surface area contributed by atoms with Crippen molar-refractivity contribution in [2.24, 2.45) is 11.7 Å². The van der Waals surface area contributed by atoms with E-state index in [1.807, 2.05) is 25.2 Å². The summed E-state index contributed by atoms with van der Waals surface area (Å²) in [5.41, 5.74) is 10.0. The van der Waals surface area contributed by atoms with Crippen molar-refractivity contribution in [3.8, 4) is 11.1 Å². The van der Waals surface area contributed by atoms with Gasteiger partial charge in [0.1, 0.15) is 11.5 Å². The molecule has 3 N–H and O–H groups in total. The summed E-state index contributed by atoms with van der Waals surface area (Å²) < 4.78 is 42.7. The molecule has 5 aromatic rings. The third kappa shape index (κ3) is 5.21. The Balaban J connectivity index is 1.50. The van der Waals surface area contributed by atoms with Crippen molar-refractivity contribution in [3.05, 3.63) is 124 Å². The minimum atomic E-state index is -0.935. The molecule has 4 heterocycles. The van der Waals surface area contributed by atoms with Crippen molar-refractivity contribution < 1.29 is 22.8 Å². The fourth-order valence-corrected chi connectivity index (χ4v) is 6.03. The average molecular weight is 598 g/mol. The molecule has 0 spiro atoms. The summed E-state index contributed by atoms with van der Waals surface area (Å²) >= 11 is 0. The van der Waals surface area contributed by atoms with Gasteiger partial charge in [0.25, 0.3) is 11.8 Å². The number of hydrogen-bond donors (Lipinski definition) is 2. The number of rotatable bonds is 8. The maximum absolute atomic E-state index is 13.8. The SMILES string of the molecule is CC(C)Cc1nc2c(c(-c3ccn4c(Cc5ccc(F)c(F)c5)cnc4c3)c1C(N)=O)C(=O)N[C@]2(C)Cc1ccc(F)cc1. The standard InChI is InChI=1S/C34H30F3N5O2/c1-18(2)12-26-29(32(38)43)28(30-31(40-26)34(3,41-33(30)44)16-19-4-7-22(35)8-5-19)21-10-11-42-23(17-39-27(42)15-21)13-20-6-9-24(36)25(37)14-20/h4-11,14-15,17-18H,12-13,16H2,1-3H3,(H2,38,43)(H,41,44)/t34-/m1/s1. The number of aromatic nitrogens is 3. The van der Waals surface area contributed by atoms with Crippen molar-refractivity contribution in [1.82, 2.24) is 19.7 Å². The Bertz CT molecular complexity index is 1950. The van der Waals surface area contributed by atoms with Gasteiger partial charge in [0, 0.05) is 36.5 Å². The highest BCUT2D eigenvalue weighted by Crippen LogP contribution is 2.41. The van der Waals surface area contributed by atoms with Crippen LogP contribution in [0, 0.1) is 23.4 Å². The highest BCUT2D eigenvalue weighted by Gasteiger charge is 2.44. The van der Waals surface area contributed by atoms with Crippen molar-refractivity contribution >= 4 is 17.5 Å². The van der Waals surface area contributed by atoms with Crippen LogP contribution in [-0.4, -0.2) is 26.2 Å². The number of pyridine rings is 2. The van der Waals surface area contributed by atoms with E-state index in [-0.39, 0.29) is 22.9 Å². The molecule has 0 saturated carbocycles. The molecular formula is C34H30F3N5O2. The number of amides is 2. The van der Waals surface area contributed by atoms with Gasteiger partial charge < -0.3 is 15.5 Å². The number of imidazole rings is 1. The Labute approximate surface area is 252 Å². The van der Waals surface area contributed by atoms with Gasteiger partial charge >= 0.3 is 0 Å². The molecule has 1 aliphatic heterocycles. The zero-order valence-corrected chi connectivity index (χ0v) is 24.4. The molecule has 0 bridgehead atoms. The second-order valence-corrected chi connectivity index (χ2v) is 11.9. The quantitative estimate of drug-likeness (QED) is 0.232. The van der Waals surface area contributed by atoms with E-state index in [1.54, 1.807) is 36.7 Å². The molecular weight excluding hydrogens is 567 g/mol. The number of nitrogens with zero attached hydrogens (tertiary/aromatic N) is 3. The zero-order chi connectivity index (χ0) is 31.3. The third-order valence-corrected chi connectivity index (χ3v) is 7.98. The molecule has 2 amide bonds. The molecule has 44 heavy (non-hydrogen) atoms. The van der Waals surface area contributed by atoms with Crippen LogP contribution < -0.4 is 11.1 Å². The zero-order valence-electron chi connectivity index (χ0n) is 24.4. The summed E-state index contributed by atoms with van der Waals surface area (Å²) in [7, 11) is 0. The molecule has 10 heteroatoms. The fraction of sp³-hybridized carbons (Fsp3) is 0.235. The monoisotopic (exact) mass is 597 g/mol. The smallest absolute Gasteiger partial charge is 0.254 e. The molecule has 0 aliphatic carbocycles. The molecule has 2 aromatic carbocycles. The van der Waals surface area contributed by atoms with E-state index in [0.717, 1.165) is 23.4 Å². The molecule has 0 fully saturated rings. The predicted molar refractivity (Wildman–Crippen MR) is 160 cm³/mol. The van der Waals surface area contributed by atoms with Gasteiger partial charge in [0.05, 0.1) is 28.1 Å². The van der Waals surface area contributed by atoms with Gasteiger partial charge in [-0.05, 0) is 72.4 Å². The number of nitrogens with two attached hydrogens (primary N) is 1. The number of benzene rings is 2. The van der Waals surface area contributed by atoms with Crippen LogP contribution in [0.3, 0.4) is 0 Å². The largest absolute Gasteiger partial charge is 0.366 e. The van der Waals surface area contributed by atoms with Gasteiger partial charge in [-0.3, -0.25) is 14.6 Å². The minimum Gasteiger partial charge on any atom is -0.366 e. The number of halogens is 3. The van der Waals surface area contributed by atoms with Gasteiger partial charge in [-0.25, -0.2) is 18.2 Å². The van der Waals surface area contributed by atoms with E-state index < -0.39 is 29.0 Å². The molecule has 224 valence electrons. The second kappa shape index (κ2) is 10.9. The third-order valence-electron chi connectivity index (χ3n) is 7.98. The lowest BCUT2D eigenvalue weighted by Crippen LogP contribution is -2.39. The Kier molecular flexibility index (Phi) is 7.23. The molecule has 3 aromatic heterocycles. The molecule has 0 unspecified atom stereocenters. The minimum absolute atomic E-state index is 0.133. The van der Waals surface area contributed by atoms with Crippen molar-refractivity contribution in [1.29, 1.82) is 0 Å². The Morgan fingerprint density at radius 2 is 1.73 bits per heavy atom. The van der Waals surface area contributed by atoms with Gasteiger partial charge in [-0.1, -0.05) is 32.0 Å². The molecule has 6 rings (SSSR count). The van der Waals surface area contributed by atoms with E-state index in [1.165, 1.54) is 18.2 Å². The van der Waals surface area contributed by atoms with Crippen LogP contribution >= 0.6 is 0 Å². The lowest BCUT2D eigenvalue weighted by atomic mass is 9.85. The summed E-state index contributed by atoms with van der Waals surface area (Å²) in [6.45, 7) is 5.87. The van der Waals surface area contributed by atoms with E-state index >= 15 is 0 Å². The topological polar surface area (TPSA) is 102 Å².